The maximum Gasteiger partial charge on any atom is 0.328 e. The van der Waals surface area contributed by atoms with Gasteiger partial charge in [0.15, 0.2) is 11.7 Å². The quantitative estimate of drug-likeness (QED) is 0.232. The zero-order valence-corrected chi connectivity index (χ0v) is 20.2. The third-order valence-corrected chi connectivity index (χ3v) is 7.85. The van der Waals surface area contributed by atoms with Crippen LogP contribution in [0.3, 0.4) is 0 Å². The Morgan fingerprint density at radius 3 is 2.54 bits per heavy atom. The SMILES string of the molecule is Cc1ccccc1OC(=O)C(C(=O)NC1C(=O)N2C(c3nn[nH]n3)C(C)(C)S[C@@H]12)c1ccccc1. The number of aromatic amines is 1. The van der Waals surface area contributed by atoms with Crippen molar-refractivity contribution in [3.8, 4) is 5.75 Å². The van der Waals surface area contributed by atoms with Gasteiger partial charge >= 0.3 is 5.97 Å². The van der Waals surface area contributed by atoms with Crippen molar-refractivity contribution in [1.29, 1.82) is 0 Å². The van der Waals surface area contributed by atoms with E-state index >= 15 is 0 Å². The van der Waals surface area contributed by atoms with E-state index in [1.165, 1.54) is 0 Å². The fraction of sp³-hybridized carbons (Fsp3) is 0.333. The van der Waals surface area contributed by atoms with Gasteiger partial charge in [0.2, 0.25) is 11.8 Å². The predicted molar refractivity (Wildman–Crippen MR) is 127 cm³/mol. The van der Waals surface area contributed by atoms with Crippen molar-refractivity contribution in [3.63, 3.8) is 0 Å². The maximum absolute atomic E-state index is 13.4. The molecule has 5 rings (SSSR count). The average molecular weight is 493 g/mol. The number of ether oxygens (including phenoxy) is 1. The summed E-state index contributed by atoms with van der Waals surface area (Å²) in [6, 6.07) is 14.6. The predicted octanol–water partition coefficient (Wildman–Crippen LogP) is 2.12. The summed E-state index contributed by atoms with van der Waals surface area (Å²) >= 11 is 1.55. The highest BCUT2D eigenvalue weighted by molar-refractivity contribution is 8.01. The van der Waals surface area contributed by atoms with Crippen LogP contribution in [0, 0.1) is 6.92 Å². The summed E-state index contributed by atoms with van der Waals surface area (Å²) in [6.45, 7) is 5.81. The number of hydrogen-bond donors (Lipinski definition) is 2. The van der Waals surface area contributed by atoms with Gasteiger partial charge < -0.3 is 15.0 Å². The highest BCUT2D eigenvalue weighted by Crippen LogP contribution is 2.56. The van der Waals surface area contributed by atoms with Gasteiger partial charge in [-0.25, -0.2) is 0 Å². The molecule has 3 aromatic rings. The van der Waals surface area contributed by atoms with E-state index in [0.29, 0.717) is 17.1 Å². The molecule has 35 heavy (non-hydrogen) atoms. The fourth-order valence-corrected chi connectivity index (χ4v) is 6.19. The lowest BCUT2D eigenvalue weighted by molar-refractivity contribution is -0.153. The van der Waals surface area contributed by atoms with Crippen molar-refractivity contribution in [3.05, 3.63) is 71.5 Å². The topological polar surface area (TPSA) is 130 Å². The fourth-order valence-electron chi connectivity index (χ4n) is 4.56. The van der Waals surface area contributed by atoms with Crippen LogP contribution in [-0.4, -0.2) is 59.5 Å². The van der Waals surface area contributed by atoms with Crippen LogP contribution in [0.4, 0.5) is 0 Å². The molecule has 2 aromatic carbocycles. The second-order valence-electron chi connectivity index (χ2n) is 9.05. The number of esters is 1. The summed E-state index contributed by atoms with van der Waals surface area (Å²) in [5.74, 6) is -1.98. The summed E-state index contributed by atoms with van der Waals surface area (Å²) in [6.07, 6.45) is 0. The van der Waals surface area contributed by atoms with Gasteiger partial charge in [0.05, 0.1) is 0 Å². The minimum atomic E-state index is -1.23. The molecule has 0 aliphatic carbocycles. The number of fused-ring (bicyclic) bond motifs is 1. The zero-order valence-electron chi connectivity index (χ0n) is 19.3. The van der Waals surface area contributed by atoms with Gasteiger partial charge in [-0.15, -0.1) is 22.0 Å². The minimum Gasteiger partial charge on any atom is -0.425 e. The molecule has 0 saturated carbocycles. The standard InChI is InChI=1S/C24H24N6O4S/c1-13-9-7-8-12-15(13)34-23(33)16(14-10-5-4-6-11-14)20(31)25-17-21(32)30-18(19-26-28-29-27-19)24(2,3)35-22(17)30/h4-12,16-18,22H,1-3H3,(H,25,31)(H,26,27,28,29)/t16?,17?,18?,22-/m0/s1. The van der Waals surface area contributed by atoms with Gasteiger partial charge in [0.1, 0.15) is 23.2 Å². The molecule has 0 spiro atoms. The molecule has 0 bridgehead atoms. The van der Waals surface area contributed by atoms with Crippen LogP contribution in [0.5, 0.6) is 5.75 Å². The number of rotatable bonds is 6. The number of thioether (sulfide) groups is 1. The number of nitrogens with one attached hydrogen (secondary N) is 2. The lowest BCUT2D eigenvalue weighted by atomic mass is 9.94. The number of carbonyl (C=O) groups excluding carboxylic acids is 3. The monoisotopic (exact) mass is 492 g/mol. The average Bonchev–Trinajstić information content (AvgIpc) is 3.44. The van der Waals surface area contributed by atoms with Crippen molar-refractivity contribution < 1.29 is 19.1 Å². The van der Waals surface area contributed by atoms with Gasteiger partial charge in [-0.3, -0.25) is 14.4 Å². The Balaban J connectivity index is 1.37. The molecule has 11 heteroatoms. The van der Waals surface area contributed by atoms with E-state index in [2.05, 4.69) is 25.9 Å². The third-order valence-electron chi connectivity index (χ3n) is 6.28. The summed E-state index contributed by atoms with van der Waals surface area (Å²) in [7, 11) is 0. The molecule has 2 aliphatic heterocycles. The molecular weight excluding hydrogens is 468 g/mol. The number of aryl methyl sites for hydroxylation is 1. The van der Waals surface area contributed by atoms with Crippen molar-refractivity contribution in [2.45, 2.75) is 48.9 Å². The molecule has 1 aromatic heterocycles. The summed E-state index contributed by atoms with van der Waals surface area (Å²) in [5.41, 5.74) is 1.26. The lowest BCUT2D eigenvalue weighted by Crippen LogP contribution is -2.68. The Hall–Kier alpha value is -3.73. The van der Waals surface area contributed by atoms with E-state index in [4.69, 9.17) is 4.74 Å². The van der Waals surface area contributed by atoms with E-state index in [1.807, 2.05) is 32.9 Å². The van der Waals surface area contributed by atoms with Crippen LogP contribution in [-0.2, 0) is 14.4 Å². The van der Waals surface area contributed by atoms with Crippen LogP contribution in [0.25, 0.3) is 0 Å². The summed E-state index contributed by atoms with van der Waals surface area (Å²) in [5, 5.41) is 16.7. The molecule has 4 atom stereocenters. The molecule has 2 aliphatic rings. The zero-order chi connectivity index (χ0) is 24.7. The van der Waals surface area contributed by atoms with Gasteiger partial charge in [-0.2, -0.15) is 5.21 Å². The van der Waals surface area contributed by atoms with Crippen molar-refractivity contribution in [2.24, 2.45) is 0 Å². The number of benzene rings is 2. The van der Waals surface area contributed by atoms with Gasteiger partial charge in [0.25, 0.3) is 0 Å². The summed E-state index contributed by atoms with van der Waals surface area (Å²) < 4.78 is 5.20. The first kappa shape index (κ1) is 23.0. The largest absolute Gasteiger partial charge is 0.425 e. The molecule has 2 N–H and O–H groups in total. The number of para-hydroxylation sites is 1. The van der Waals surface area contributed by atoms with Crippen LogP contribution in [0.2, 0.25) is 0 Å². The van der Waals surface area contributed by atoms with Crippen LogP contribution in [0.15, 0.2) is 54.6 Å². The molecule has 3 unspecified atom stereocenters. The van der Waals surface area contributed by atoms with E-state index < -0.39 is 28.6 Å². The molecule has 2 amide bonds. The van der Waals surface area contributed by atoms with Crippen LogP contribution < -0.4 is 10.1 Å². The molecule has 2 fully saturated rings. The van der Waals surface area contributed by atoms with E-state index in [9.17, 15) is 14.4 Å². The van der Waals surface area contributed by atoms with Gasteiger partial charge in [-0.05, 0) is 38.0 Å². The van der Waals surface area contributed by atoms with Crippen LogP contribution in [0.1, 0.15) is 42.8 Å². The van der Waals surface area contributed by atoms with E-state index in [0.717, 1.165) is 5.56 Å². The number of tetrazole rings is 1. The second-order valence-corrected chi connectivity index (χ2v) is 10.8. The summed E-state index contributed by atoms with van der Waals surface area (Å²) in [4.78, 5) is 41.4. The van der Waals surface area contributed by atoms with E-state index in [-0.39, 0.29) is 17.3 Å². The number of nitrogens with zero attached hydrogens (tertiary/aromatic N) is 4. The van der Waals surface area contributed by atoms with Gasteiger partial charge in [-0.1, -0.05) is 53.7 Å². The first-order chi connectivity index (χ1) is 16.8. The highest BCUT2D eigenvalue weighted by Gasteiger charge is 2.63. The maximum atomic E-state index is 13.4. The minimum absolute atomic E-state index is 0.254. The Morgan fingerprint density at radius 2 is 1.86 bits per heavy atom. The Morgan fingerprint density at radius 1 is 1.14 bits per heavy atom. The molecule has 2 saturated heterocycles. The smallest absolute Gasteiger partial charge is 0.328 e. The van der Waals surface area contributed by atoms with Crippen LogP contribution >= 0.6 is 11.8 Å². The Kier molecular flexibility index (Phi) is 5.79. The first-order valence-corrected chi connectivity index (χ1v) is 12.0. The lowest BCUT2D eigenvalue weighted by Gasteiger charge is -2.44. The first-order valence-electron chi connectivity index (χ1n) is 11.1. The Labute approximate surface area is 205 Å². The number of β-lactam (4-membered cyclic amide) rings is 1. The van der Waals surface area contributed by atoms with Gasteiger partial charge in [0, 0.05) is 4.75 Å². The molecular formula is C24H24N6O4S. The van der Waals surface area contributed by atoms with E-state index in [1.54, 1.807) is 59.1 Å². The van der Waals surface area contributed by atoms with Crippen molar-refractivity contribution in [1.82, 2.24) is 30.8 Å². The Bertz CT molecular complexity index is 1270. The molecule has 10 nitrogen and oxygen atoms in total. The third kappa shape index (κ3) is 4.05. The molecule has 3 heterocycles. The molecule has 0 radical (unpaired) electrons. The number of amides is 2. The number of hydrogen-bond acceptors (Lipinski definition) is 8. The highest BCUT2D eigenvalue weighted by atomic mass is 32.2. The van der Waals surface area contributed by atoms with Crippen molar-refractivity contribution >= 4 is 29.5 Å². The number of carbonyl (C=O) groups is 3. The normalized spacial score (nSPS) is 23.2. The second kappa shape index (κ2) is 8.81. The molecule has 180 valence electrons. The number of H-pyrrole nitrogens is 1. The van der Waals surface area contributed by atoms with Crippen molar-refractivity contribution in [2.75, 3.05) is 0 Å². The number of aromatic nitrogens is 4.